The number of hydrogen-bond donors (Lipinski definition) is 1. The fraction of sp³-hybridized carbons (Fsp3) is 0.250. The van der Waals surface area contributed by atoms with E-state index in [9.17, 15) is 0 Å². The van der Waals surface area contributed by atoms with E-state index in [-0.39, 0.29) is 0 Å². The van der Waals surface area contributed by atoms with Gasteiger partial charge in [-0.2, -0.15) is 5.10 Å². The van der Waals surface area contributed by atoms with Gasteiger partial charge in [0.2, 0.25) is 0 Å². The maximum atomic E-state index is 6.22. The lowest BCUT2D eigenvalue weighted by molar-refractivity contribution is 0.503. The van der Waals surface area contributed by atoms with Gasteiger partial charge in [0.25, 0.3) is 0 Å². The van der Waals surface area contributed by atoms with Crippen molar-refractivity contribution in [2.45, 2.75) is 20.8 Å². The minimum absolute atomic E-state index is 0.621. The van der Waals surface area contributed by atoms with Gasteiger partial charge in [-0.05, 0) is 32.4 Å². The molecule has 0 atom stereocenters. The predicted octanol–water partition coefficient (Wildman–Crippen LogP) is 3.25. The Balaban J connectivity index is 2.32. The Kier molecular flexibility index (Phi) is 3.05. The molecule has 0 amide bonds. The molecule has 2 N–H and O–H groups in total. The molecular weight excluding hydrogens is 264 g/mol. The molecular formula is C16H18N4O. The highest BCUT2D eigenvalue weighted by molar-refractivity contribution is 5.89. The lowest BCUT2D eigenvalue weighted by Crippen LogP contribution is -1.98. The third-order valence-corrected chi connectivity index (χ3v) is 3.84. The molecule has 0 spiro atoms. The van der Waals surface area contributed by atoms with Gasteiger partial charge in [-0.25, -0.2) is 0 Å². The van der Waals surface area contributed by atoms with E-state index in [0.717, 1.165) is 39.5 Å². The molecule has 5 nitrogen and oxygen atoms in total. The van der Waals surface area contributed by atoms with Gasteiger partial charge >= 0.3 is 0 Å². The number of aryl methyl sites for hydroxylation is 3. The molecule has 0 aliphatic carbocycles. The standard InChI is InChI=1S/C16H18N4O/c1-9-10(2)21-11(3)13(9)15-14(16(17)20(4)19-15)12-6-5-7-18-8-12/h5-8H,17H2,1-4H3. The van der Waals surface area contributed by atoms with Gasteiger partial charge in [0.05, 0.1) is 5.56 Å². The molecule has 21 heavy (non-hydrogen) atoms. The molecule has 3 aromatic rings. The monoisotopic (exact) mass is 282 g/mol. The van der Waals surface area contributed by atoms with Gasteiger partial charge in [0.1, 0.15) is 23.0 Å². The molecule has 0 radical (unpaired) electrons. The van der Waals surface area contributed by atoms with Crippen LogP contribution in [0.15, 0.2) is 28.9 Å². The zero-order valence-corrected chi connectivity index (χ0v) is 12.6. The number of nitrogens with zero attached hydrogens (tertiary/aromatic N) is 3. The molecule has 0 unspecified atom stereocenters. The summed E-state index contributed by atoms with van der Waals surface area (Å²) in [5.41, 5.74) is 11.0. The Hall–Kier alpha value is -2.56. The number of rotatable bonds is 2. The first-order valence-corrected chi connectivity index (χ1v) is 6.80. The van der Waals surface area contributed by atoms with Gasteiger partial charge in [-0.3, -0.25) is 9.67 Å². The summed E-state index contributed by atoms with van der Waals surface area (Å²) in [6, 6.07) is 3.88. The number of furan rings is 1. The second kappa shape index (κ2) is 4.77. The van der Waals surface area contributed by atoms with E-state index in [2.05, 4.69) is 10.1 Å². The molecule has 3 rings (SSSR count). The Morgan fingerprint density at radius 3 is 2.48 bits per heavy atom. The van der Waals surface area contributed by atoms with E-state index in [1.54, 1.807) is 17.1 Å². The lowest BCUT2D eigenvalue weighted by Gasteiger charge is -2.04. The van der Waals surface area contributed by atoms with E-state index >= 15 is 0 Å². The zero-order valence-electron chi connectivity index (χ0n) is 12.6. The number of pyridine rings is 1. The molecule has 0 fully saturated rings. The number of hydrogen-bond acceptors (Lipinski definition) is 4. The summed E-state index contributed by atoms with van der Waals surface area (Å²) < 4.78 is 7.43. The molecule has 0 aliphatic rings. The van der Waals surface area contributed by atoms with Crippen molar-refractivity contribution in [2.75, 3.05) is 5.73 Å². The topological polar surface area (TPSA) is 69.9 Å². The van der Waals surface area contributed by atoms with Crippen molar-refractivity contribution in [3.8, 4) is 22.4 Å². The van der Waals surface area contributed by atoms with E-state index in [4.69, 9.17) is 10.2 Å². The highest BCUT2D eigenvalue weighted by atomic mass is 16.3. The van der Waals surface area contributed by atoms with Gasteiger partial charge < -0.3 is 10.2 Å². The Bertz CT molecular complexity index is 800. The molecule has 3 aromatic heterocycles. The average molecular weight is 282 g/mol. The highest BCUT2D eigenvalue weighted by Gasteiger charge is 2.23. The van der Waals surface area contributed by atoms with Crippen molar-refractivity contribution in [1.29, 1.82) is 0 Å². The fourth-order valence-electron chi connectivity index (χ4n) is 2.65. The number of nitrogens with two attached hydrogens (primary N) is 1. The van der Waals surface area contributed by atoms with Crippen LogP contribution < -0.4 is 5.73 Å². The maximum Gasteiger partial charge on any atom is 0.129 e. The van der Waals surface area contributed by atoms with E-state index in [1.807, 2.05) is 40.0 Å². The Morgan fingerprint density at radius 2 is 1.90 bits per heavy atom. The molecule has 108 valence electrons. The van der Waals surface area contributed by atoms with E-state index < -0.39 is 0 Å². The number of anilines is 1. The normalized spacial score (nSPS) is 11.0. The third kappa shape index (κ3) is 2.01. The summed E-state index contributed by atoms with van der Waals surface area (Å²) >= 11 is 0. The summed E-state index contributed by atoms with van der Waals surface area (Å²) in [4.78, 5) is 4.18. The first kappa shape index (κ1) is 13.4. The second-order valence-electron chi connectivity index (χ2n) is 5.19. The summed E-state index contributed by atoms with van der Waals surface area (Å²) in [6.07, 6.45) is 3.54. The van der Waals surface area contributed by atoms with Crippen LogP contribution in [-0.4, -0.2) is 14.8 Å². The molecule has 0 bridgehead atoms. The van der Waals surface area contributed by atoms with Crippen LogP contribution in [0.25, 0.3) is 22.4 Å². The highest BCUT2D eigenvalue weighted by Crippen LogP contribution is 2.39. The van der Waals surface area contributed by atoms with Crippen molar-refractivity contribution in [2.24, 2.45) is 7.05 Å². The Morgan fingerprint density at radius 1 is 1.14 bits per heavy atom. The van der Waals surface area contributed by atoms with Crippen molar-refractivity contribution in [3.05, 3.63) is 41.6 Å². The summed E-state index contributed by atoms with van der Waals surface area (Å²) in [5.74, 6) is 2.38. The van der Waals surface area contributed by atoms with Crippen LogP contribution in [0.5, 0.6) is 0 Å². The second-order valence-corrected chi connectivity index (χ2v) is 5.19. The number of nitrogen functional groups attached to an aromatic ring is 1. The molecule has 0 aliphatic heterocycles. The molecule has 0 saturated heterocycles. The van der Waals surface area contributed by atoms with E-state index in [0.29, 0.717) is 5.82 Å². The van der Waals surface area contributed by atoms with Crippen molar-refractivity contribution >= 4 is 5.82 Å². The van der Waals surface area contributed by atoms with Crippen LogP contribution in [0, 0.1) is 20.8 Å². The van der Waals surface area contributed by atoms with Crippen LogP contribution in [0.4, 0.5) is 5.82 Å². The summed E-state index contributed by atoms with van der Waals surface area (Å²) in [6.45, 7) is 5.95. The van der Waals surface area contributed by atoms with Crippen LogP contribution in [-0.2, 0) is 7.05 Å². The molecule has 5 heteroatoms. The predicted molar refractivity (Wildman–Crippen MR) is 82.8 cm³/mol. The average Bonchev–Trinajstić information content (AvgIpc) is 2.88. The first-order valence-electron chi connectivity index (χ1n) is 6.80. The van der Waals surface area contributed by atoms with E-state index in [1.165, 1.54) is 0 Å². The lowest BCUT2D eigenvalue weighted by atomic mass is 9.99. The SMILES string of the molecule is Cc1oc(C)c(-c2nn(C)c(N)c2-c2cccnc2)c1C. The minimum atomic E-state index is 0.621. The molecule has 0 saturated carbocycles. The van der Waals surface area contributed by atoms with Crippen molar-refractivity contribution in [3.63, 3.8) is 0 Å². The minimum Gasteiger partial charge on any atom is -0.466 e. The third-order valence-electron chi connectivity index (χ3n) is 3.84. The first-order chi connectivity index (χ1) is 10.0. The smallest absolute Gasteiger partial charge is 0.129 e. The van der Waals surface area contributed by atoms with Crippen LogP contribution in [0.1, 0.15) is 17.1 Å². The largest absolute Gasteiger partial charge is 0.466 e. The number of aromatic nitrogens is 3. The van der Waals surface area contributed by atoms with Gasteiger partial charge in [-0.1, -0.05) is 6.07 Å². The van der Waals surface area contributed by atoms with Crippen LogP contribution in [0.2, 0.25) is 0 Å². The Labute approximate surface area is 123 Å². The molecule has 3 heterocycles. The maximum absolute atomic E-state index is 6.22. The van der Waals surface area contributed by atoms with Gasteiger partial charge in [0, 0.05) is 30.6 Å². The summed E-state index contributed by atoms with van der Waals surface area (Å²) in [7, 11) is 1.84. The quantitative estimate of drug-likeness (QED) is 0.783. The van der Waals surface area contributed by atoms with Crippen LogP contribution >= 0.6 is 0 Å². The van der Waals surface area contributed by atoms with Gasteiger partial charge in [-0.15, -0.1) is 0 Å². The summed E-state index contributed by atoms with van der Waals surface area (Å²) in [5, 5.41) is 4.60. The zero-order chi connectivity index (χ0) is 15.1. The molecule has 0 aromatic carbocycles. The van der Waals surface area contributed by atoms with Crippen molar-refractivity contribution in [1.82, 2.24) is 14.8 Å². The fourth-order valence-corrected chi connectivity index (χ4v) is 2.65. The van der Waals surface area contributed by atoms with Gasteiger partial charge in [0.15, 0.2) is 0 Å². The van der Waals surface area contributed by atoms with Crippen LogP contribution in [0.3, 0.4) is 0 Å². The van der Waals surface area contributed by atoms with Crippen molar-refractivity contribution < 1.29 is 4.42 Å².